The Balaban J connectivity index is 1.46. The number of aliphatic hydroxyl groups is 1. The minimum absolute atomic E-state index is 0.0248. The topological polar surface area (TPSA) is 109 Å². The van der Waals surface area contributed by atoms with Crippen molar-refractivity contribution < 1.29 is 24.2 Å². The van der Waals surface area contributed by atoms with Crippen LogP contribution in [0, 0.1) is 6.92 Å². The number of carbonyl (C=O) groups is 2. The van der Waals surface area contributed by atoms with Gasteiger partial charge in [-0.25, -0.2) is 0 Å². The Hall–Kier alpha value is -4.66. The molecular weight excluding hydrogens is 578 g/mol. The average molecular weight is 624 g/mol. The van der Waals surface area contributed by atoms with Gasteiger partial charge in [-0.15, -0.1) is 0 Å². The van der Waals surface area contributed by atoms with Crippen molar-refractivity contribution in [2.24, 2.45) is 0 Å². The van der Waals surface area contributed by atoms with Gasteiger partial charge in [-0.3, -0.25) is 9.59 Å². The summed E-state index contributed by atoms with van der Waals surface area (Å²) in [6, 6.07) is 29.6. The molecule has 4 N–H and O–H groups in total. The van der Waals surface area contributed by atoms with E-state index in [9.17, 15) is 14.7 Å². The zero-order chi connectivity index (χ0) is 33.1. The first-order valence-electron chi connectivity index (χ1n) is 15.6. The fraction of sp³-hybridized carbons (Fsp3) is 0.316. The van der Waals surface area contributed by atoms with E-state index in [-0.39, 0.29) is 30.4 Å². The Morgan fingerprint density at radius 1 is 0.717 bits per heavy atom. The summed E-state index contributed by atoms with van der Waals surface area (Å²) in [5.41, 5.74) is 4.61. The highest BCUT2D eigenvalue weighted by Crippen LogP contribution is 2.21. The molecule has 4 atom stereocenters. The Morgan fingerprint density at radius 2 is 1.37 bits per heavy atom. The van der Waals surface area contributed by atoms with Crippen LogP contribution in [0.2, 0.25) is 0 Å². The van der Waals surface area contributed by atoms with Gasteiger partial charge in [0, 0.05) is 23.7 Å². The largest absolute Gasteiger partial charge is 0.497 e. The zero-order valence-corrected chi connectivity index (χ0v) is 27.2. The summed E-state index contributed by atoms with van der Waals surface area (Å²) in [7, 11) is 3.24. The molecule has 0 fully saturated rings. The molecule has 0 radical (unpaired) electrons. The average Bonchev–Trinajstić information content (AvgIpc) is 3.08. The number of aryl methyl sites for hydroxylation is 2. The first-order chi connectivity index (χ1) is 22.2. The van der Waals surface area contributed by atoms with E-state index in [1.165, 1.54) is 0 Å². The predicted molar refractivity (Wildman–Crippen MR) is 181 cm³/mol. The van der Waals surface area contributed by atoms with Crippen LogP contribution in [0.1, 0.15) is 75.3 Å². The van der Waals surface area contributed by atoms with Crippen LogP contribution in [0.4, 0.5) is 0 Å². The summed E-state index contributed by atoms with van der Waals surface area (Å²) in [4.78, 5) is 26.9. The third-order valence-corrected chi connectivity index (χ3v) is 8.16. The number of amides is 2. The molecule has 0 spiro atoms. The Bertz CT molecular complexity index is 1580. The lowest BCUT2D eigenvalue weighted by Crippen LogP contribution is -2.48. The number of aliphatic hydroxyl groups excluding tert-OH is 1. The SMILES string of the molecule is COc1ccc([C@@H](C)NC[C@@H](O)[C@H](CCc2ccccc2)NC(=O)c2cc(C)cc(C(=O)N[C@H](C)c3cccc(OC)c3)c2)cc1. The number of carbonyl (C=O) groups excluding carboxylic acids is 2. The van der Waals surface area contributed by atoms with Gasteiger partial charge < -0.3 is 30.5 Å². The van der Waals surface area contributed by atoms with Crippen molar-refractivity contribution in [1.29, 1.82) is 0 Å². The number of methoxy groups -OCH3 is 2. The fourth-order valence-electron chi connectivity index (χ4n) is 5.35. The van der Waals surface area contributed by atoms with E-state index in [1.54, 1.807) is 32.4 Å². The molecule has 4 aromatic rings. The smallest absolute Gasteiger partial charge is 0.251 e. The Kier molecular flexibility index (Phi) is 12.3. The van der Waals surface area contributed by atoms with Crippen molar-refractivity contribution in [2.45, 2.75) is 57.8 Å². The molecule has 4 rings (SSSR count). The monoisotopic (exact) mass is 623 g/mol. The number of nitrogens with one attached hydrogen (secondary N) is 3. The van der Waals surface area contributed by atoms with Crippen LogP contribution in [-0.2, 0) is 6.42 Å². The van der Waals surface area contributed by atoms with Crippen molar-refractivity contribution in [3.8, 4) is 11.5 Å². The predicted octanol–water partition coefficient (Wildman–Crippen LogP) is 5.95. The van der Waals surface area contributed by atoms with E-state index < -0.39 is 12.1 Å². The molecule has 2 amide bonds. The second-order valence-electron chi connectivity index (χ2n) is 11.6. The van der Waals surface area contributed by atoms with E-state index >= 15 is 0 Å². The molecule has 0 aliphatic heterocycles. The molecule has 4 aromatic carbocycles. The Morgan fingerprint density at radius 3 is 2.02 bits per heavy atom. The summed E-state index contributed by atoms with van der Waals surface area (Å²) in [6.45, 7) is 6.06. The molecule has 0 bridgehead atoms. The summed E-state index contributed by atoms with van der Waals surface area (Å²) in [6.07, 6.45) is 0.359. The number of rotatable bonds is 15. The highest BCUT2D eigenvalue weighted by atomic mass is 16.5. The number of hydrogen-bond donors (Lipinski definition) is 4. The maximum Gasteiger partial charge on any atom is 0.251 e. The fourth-order valence-corrected chi connectivity index (χ4v) is 5.35. The molecule has 242 valence electrons. The maximum atomic E-state index is 13.6. The number of benzene rings is 4. The first kappa shape index (κ1) is 34.2. The third-order valence-electron chi connectivity index (χ3n) is 8.16. The molecule has 0 heterocycles. The third kappa shape index (κ3) is 9.67. The highest BCUT2D eigenvalue weighted by Gasteiger charge is 2.24. The van der Waals surface area contributed by atoms with Crippen LogP contribution >= 0.6 is 0 Å². The molecule has 46 heavy (non-hydrogen) atoms. The minimum Gasteiger partial charge on any atom is -0.497 e. The van der Waals surface area contributed by atoms with Crippen LogP contribution in [0.25, 0.3) is 0 Å². The van der Waals surface area contributed by atoms with E-state index in [4.69, 9.17) is 9.47 Å². The molecule has 0 aromatic heterocycles. The zero-order valence-electron chi connectivity index (χ0n) is 27.2. The molecule has 0 saturated heterocycles. The Labute approximate surface area is 272 Å². The van der Waals surface area contributed by atoms with Crippen molar-refractivity contribution in [2.75, 3.05) is 20.8 Å². The van der Waals surface area contributed by atoms with Crippen molar-refractivity contribution in [3.05, 3.63) is 130 Å². The molecule has 0 saturated carbocycles. The van der Waals surface area contributed by atoms with Gasteiger partial charge in [0.1, 0.15) is 11.5 Å². The highest BCUT2D eigenvalue weighted by molar-refractivity contribution is 6.00. The van der Waals surface area contributed by atoms with Gasteiger partial charge in [-0.1, -0.05) is 54.6 Å². The lowest BCUT2D eigenvalue weighted by Gasteiger charge is -2.26. The van der Waals surface area contributed by atoms with E-state index in [0.29, 0.717) is 29.7 Å². The summed E-state index contributed by atoms with van der Waals surface area (Å²) in [5, 5.41) is 20.8. The first-order valence-corrected chi connectivity index (χ1v) is 15.6. The van der Waals surface area contributed by atoms with Crippen molar-refractivity contribution in [1.82, 2.24) is 16.0 Å². The summed E-state index contributed by atoms with van der Waals surface area (Å²) < 4.78 is 10.6. The standard InChI is InChI=1S/C38H45N3O5/c1-25-20-31(37(43)40-27(3)30-12-9-13-34(23-30)46-5)22-32(21-25)38(44)41-35(19-14-28-10-7-6-8-11-28)36(42)24-39-26(2)29-15-17-33(45-4)18-16-29/h6-13,15-18,20-23,26-27,35-36,39,42H,14,19,24H2,1-5H3,(H,40,43)(H,41,44)/t26-,27-,35+,36-/m1/s1. The van der Waals surface area contributed by atoms with Crippen molar-refractivity contribution >= 4 is 11.8 Å². The summed E-state index contributed by atoms with van der Waals surface area (Å²) in [5.74, 6) is 0.856. The van der Waals surface area contributed by atoms with Gasteiger partial charge in [0.2, 0.25) is 0 Å². The van der Waals surface area contributed by atoms with Crippen LogP contribution < -0.4 is 25.4 Å². The summed E-state index contributed by atoms with van der Waals surface area (Å²) >= 11 is 0. The quantitative estimate of drug-likeness (QED) is 0.130. The van der Waals surface area contributed by atoms with E-state index in [1.807, 2.05) is 99.6 Å². The lowest BCUT2D eigenvalue weighted by molar-refractivity contribution is 0.0814. The van der Waals surface area contributed by atoms with Crippen LogP contribution in [-0.4, -0.2) is 49.8 Å². The van der Waals surface area contributed by atoms with Crippen molar-refractivity contribution in [3.63, 3.8) is 0 Å². The van der Waals surface area contributed by atoms with Crippen LogP contribution in [0.15, 0.2) is 97.1 Å². The minimum atomic E-state index is -0.857. The number of hydrogen-bond acceptors (Lipinski definition) is 6. The van der Waals surface area contributed by atoms with E-state index in [2.05, 4.69) is 16.0 Å². The lowest BCUT2D eigenvalue weighted by atomic mass is 9.99. The number of ether oxygens (including phenoxy) is 2. The molecule has 0 aliphatic carbocycles. The molecule has 8 heteroatoms. The van der Waals surface area contributed by atoms with Crippen LogP contribution in [0.3, 0.4) is 0 Å². The normalized spacial score (nSPS) is 13.6. The molecule has 0 aliphatic rings. The van der Waals surface area contributed by atoms with Gasteiger partial charge in [0.15, 0.2) is 0 Å². The van der Waals surface area contributed by atoms with Crippen LogP contribution in [0.5, 0.6) is 11.5 Å². The molecular formula is C38H45N3O5. The second kappa shape index (κ2) is 16.6. The van der Waals surface area contributed by atoms with E-state index in [0.717, 1.165) is 28.0 Å². The van der Waals surface area contributed by atoms with Gasteiger partial charge in [-0.2, -0.15) is 0 Å². The maximum absolute atomic E-state index is 13.6. The van der Waals surface area contributed by atoms with Gasteiger partial charge >= 0.3 is 0 Å². The van der Waals surface area contributed by atoms with Gasteiger partial charge in [0.25, 0.3) is 11.8 Å². The molecule has 0 unspecified atom stereocenters. The van der Waals surface area contributed by atoms with Gasteiger partial charge in [-0.05, 0) is 98.3 Å². The molecule has 8 nitrogen and oxygen atoms in total. The second-order valence-corrected chi connectivity index (χ2v) is 11.6. The van der Waals surface area contributed by atoms with Gasteiger partial charge in [0.05, 0.1) is 32.4 Å².